The summed E-state index contributed by atoms with van der Waals surface area (Å²) in [5.41, 5.74) is 1.96. The first-order valence-electron chi connectivity index (χ1n) is 10.2. The van der Waals surface area contributed by atoms with Crippen LogP contribution < -0.4 is 0 Å². The molecule has 3 aromatic rings. The molecule has 1 aliphatic heterocycles. The van der Waals surface area contributed by atoms with E-state index in [0.29, 0.717) is 41.9 Å². The molecule has 1 aliphatic rings. The lowest BCUT2D eigenvalue weighted by Crippen LogP contribution is -2.47. The van der Waals surface area contributed by atoms with E-state index < -0.39 is 17.8 Å². The van der Waals surface area contributed by atoms with Crippen LogP contribution in [0.3, 0.4) is 0 Å². The fourth-order valence-corrected chi connectivity index (χ4v) is 4.24. The smallest absolute Gasteiger partial charge is 0.416 e. The number of alkyl halides is 3. The van der Waals surface area contributed by atoms with Gasteiger partial charge in [0.15, 0.2) is 11.5 Å². The Bertz CT molecular complexity index is 1090. The molecule has 8 heteroatoms. The van der Waals surface area contributed by atoms with Crippen molar-refractivity contribution < 1.29 is 27.5 Å². The van der Waals surface area contributed by atoms with E-state index >= 15 is 0 Å². The standard InChI is InChI=1S/C23H23F3N2O3/c1-13(2)19-12-16(9-10-28(19)22(29)30)21-27-18-11-15(5-8-20(18)31-21)14-3-6-17(7-4-14)23(24,25)26/h3-8,11,13,16,19H,9-10,12H2,1-2H3,(H,29,30). The number of fused-ring (bicyclic) bond motifs is 1. The van der Waals surface area contributed by atoms with Gasteiger partial charge in [0.05, 0.1) is 5.56 Å². The van der Waals surface area contributed by atoms with Crippen molar-refractivity contribution in [1.29, 1.82) is 0 Å². The topological polar surface area (TPSA) is 66.6 Å². The van der Waals surface area contributed by atoms with E-state index in [4.69, 9.17) is 4.42 Å². The van der Waals surface area contributed by atoms with Crippen molar-refractivity contribution in [1.82, 2.24) is 9.88 Å². The molecule has 4 rings (SSSR count). The van der Waals surface area contributed by atoms with Crippen LogP contribution in [0.15, 0.2) is 46.9 Å². The van der Waals surface area contributed by atoms with Gasteiger partial charge in [-0.3, -0.25) is 0 Å². The van der Waals surface area contributed by atoms with Gasteiger partial charge in [0.1, 0.15) is 5.52 Å². The number of aromatic nitrogens is 1. The lowest BCUT2D eigenvalue weighted by molar-refractivity contribution is -0.137. The van der Waals surface area contributed by atoms with Crippen LogP contribution in [0.4, 0.5) is 18.0 Å². The number of halogens is 3. The van der Waals surface area contributed by atoms with Crippen LogP contribution in [0.2, 0.25) is 0 Å². The Morgan fingerprint density at radius 2 is 1.84 bits per heavy atom. The lowest BCUT2D eigenvalue weighted by atomic mass is 9.85. The quantitative estimate of drug-likeness (QED) is 0.520. The van der Waals surface area contributed by atoms with Crippen molar-refractivity contribution in [2.45, 2.75) is 44.8 Å². The summed E-state index contributed by atoms with van der Waals surface area (Å²) in [4.78, 5) is 17.6. The third-order valence-corrected chi connectivity index (χ3v) is 5.96. The maximum Gasteiger partial charge on any atom is 0.416 e. The van der Waals surface area contributed by atoms with Gasteiger partial charge in [-0.25, -0.2) is 9.78 Å². The molecule has 0 spiro atoms. The first-order valence-corrected chi connectivity index (χ1v) is 10.2. The van der Waals surface area contributed by atoms with Crippen LogP contribution in [0.5, 0.6) is 0 Å². The van der Waals surface area contributed by atoms with Gasteiger partial charge in [-0.05, 0) is 54.2 Å². The molecule has 1 saturated heterocycles. The number of benzene rings is 2. The van der Waals surface area contributed by atoms with E-state index in [1.54, 1.807) is 18.2 Å². The lowest BCUT2D eigenvalue weighted by Gasteiger charge is -2.39. The second kappa shape index (κ2) is 7.90. The minimum Gasteiger partial charge on any atom is -0.465 e. The molecule has 0 bridgehead atoms. The molecule has 31 heavy (non-hydrogen) atoms. The summed E-state index contributed by atoms with van der Waals surface area (Å²) in [6, 6.07) is 10.3. The van der Waals surface area contributed by atoms with Gasteiger partial charge in [0.25, 0.3) is 0 Å². The molecule has 5 nitrogen and oxygen atoms in total. The van der Waals surface area contributed by atoms with E-state index in [9.17, 15) is 23.1 Å². The number of rotatable bonds is 3. The third-order valence-electron chi connectivity index (χ3n) is 5.96. The van der Waals surface area contributed by atoms with Gasteiger partial charge >= 0.3 is 12.3 Å². The van der Waals surface area contributed by atoms with Crippen LogP contribution in [0.1, 0.15) is 44.1 Å². The van der Waals surface area contributed by atoms with E-state index in [1.807, 2.05) is 13.8 Å². The molecule has 0 aliphatic carbocycles. The van der Waals surface area contributed by atoms with Gasteiger partial charge in [0.2, 0.25) is 0 Å². The van der Waals surface area contributed by atoms with Crippen LogP contribution in [-0.2, 0) is 6.18 Å². The summed E-state index contributed by atoms with van der Waals surface area (Å²) in [6.45, 7) is 4.44. The Kier molecular flexibility index (Phi) is 5.41. The maximum absolute atomic E-state index is 12.8. The summed E-state index contributed by atoms with van der Waals surface area (Å²) in [5, 5.41) is 9.45. The molecule has 1 N–H and O–H groups in total. The largest absolute Gasteiger partial charge is 0.465 e. The number of hydrogen-bond acceptors (Lipinski definition) is 3. The molecule has 0 radical (unpaired) electrons. The number of hydrogen-bond donors (Lipinski definition) is 1. The number of carboxylic acid groups (broad SMARTS) is 1. The van der Waals surface area contributed by atoms with Crippen molar-refractivity contribution >= 4 is 17.2 Å². The van der Waals surface area contributed by atoms with Crippen LogP contribution in [0, 0.1) is 5.92 Å². The predicted octanol–water partition coefficient (Wildman–Crippen LogP) is 6.40. The average molecular weight is 432 g/mol. The predicted molar refractivity (Wildman–Crippen MR) is 110 cm³/mol. The zero-order valence-corrected chi connectivity index (χ0v) is 17.2. The van der Waals surface area contributed by atoms with Crippen LogP contribution in [0.25, 0.3) is 22.2 Å². The normalized spacial score (nSPS) is 19.9. The van der Waals surface area contributed by atoms with Crippen molar-refractivity contribution in [3.8, 4) is 11.1 Å². The molecule has 1 fully saturated rings. The highest BCUT2D eigenvalue weighted by Crippen LogP contribution is 2.36. The molecule has 2 atom stereocenters. The number of oxazole rings is 1. The molecule has 164 valence electrons. The molecule has 0 saturated carbocycles. The minimum atomic E-state index is -4.37. The summed E-state index contributed by atoms with van der Waals surface area (Å²) in [6.07, 6.45) is -4.00. The van der Waals surface area contributed by atoms with E-state index in [-0.39, 0.29) is 17.9 Å². The zero-order chi connectivity index (χ0) is 22.3. The summed E-state index contributed by atoms with van der Waals surface area (Å²) >= 11 is 0. The molecule has 1 aromatic heterocycles. The SMILES string of the molecule is CC(C)C1CC(c2nc3cc(-c4ccc(C(F)(F)F)cc4)ccc3o2)CCN1C(=O)O. The summed E-state index contributed by atoms with van der Waals surface area (Å²) < 4.78 is 44.4. The second-order valence-corrected chi connectivity index (χ2v) is 8.32. The highest BCUT2D eigenvalue weighted by Gasteiger charge is 2.36. The van der Waals surface area contributed by atoms with Gasteiger partial charge in [-0.2, -0.15) is 13.2 Å². The molecule has 1 amide bonds. The highest BCUT2D eigenvalue weighted by atomic mass is 19.4. The number of amides is 1. The van der Waals surface area contributed by atoms with E-state index in [0.717, 1.165) is 17.7 Å². The molecular weight excluding hydrogens is 409 g/mol. The average Bonchev–Trinajstić information content (AvgIpc) is 3.16. The Hall–Kier alpha value is -3.03. The van der Waals surface area contributed by atoms with Gasteiger partial charge in [-0.1, -0.05) is 32.0 Å². The van der Waals surface area contributed by atoms with Crippen molar-refractivity contribution in [2.75, 3.05) is 6.54 Å². The van der Waals surface area contributed by atoms with Crippen LogP contribution >= 0.6 is 0 Å². The van der Waals surface area contributed by atoms with Crippen LogP contribution in [-0.4, -0.2) is 33.7 Å². The Morgan fingerprint density at radius 3 is 2.45 bits per heavy atom. The summed E-state index contributed by atoms with van der Waals surface area (Å²) in [7, 11) is 0. The maximum atomic E-state index is 12.8. The number of nitrogens with zero attached hydrogens (tertiary/aromatic N) is 2. The first-order chi connectivity index (χ1) is 14.6. The van der Waals surface area contributed by atoms with Crippen molar-refractivity contribution in [3.05, 3.63) is 53.9 Å². The number of likely N-dealkylation sites (tertiary alicyclic amines) is 1. The number of carbonyl (C=O) groups is 1. The van der Waals surface area contributed by atoms with E-state index in [2.05, 4.69) is 4.98 Å². The summed E-state index contributed by atoms with van der Waals surface area (Å²) in [5.74, 6) is 0.773. The molecular formula is C23H23F3N2O3. The minimum absolute atomic E-state index is 0.0184. The Balaban J connectivity index is 1.59. The zero-order valence-electron chi connectivity index (χ0n) is 17.2. The van der Waals surface area contributed by atoms with Crippen molar-refractivity contribution in [2.24, 2.45) is 5.92 Å². The van der Waals surface area contributed by atoms with Gasteiger partial charge in [0, 0.05) is 18.5 Å². The van der Waals surface area contributed by atoms with Gasteiger partial charge in [-0.15, -0.1) is 0 Å². The van der Waals surface area contributed by atoms with Crippen molar-refractivity contribution in [3.63, 3.8) is 0 Å². The fraction of sp³-hybridized carbons (Fsp3) is 0.391. The molecule has 2 heterocycles. The van der Waals surface area contributed by atoms with E-state index in [1.165, 1.54) is 17.0 Å². The van der Waals surface area contributed by atoms with Gasteiger partial charge < -0.3 is 14.4 Å². The highest BCUT2D eigenvalue weighted by molar-refractivity contribution is 5.80. The molecule has 2 aromatic carbocycles. The Labute approximate surface area is 177 Å². The second-order valence-electron chi connectivity index (χ2n) is 8.32. The first kappa shape index (κ1) is 21.2. The Morgan fingerprint density at radius 1 is 1.16 bits per heavy atom. The molecule has 2 unspecified atom stereocenters. The number of piperidine rings is 1. The third kappa shape index (κ3) is 4.24. The monoisotopic (exact) mass is 432 g/mol. The fourth-order valence-electron chi connectivity index (χ4n) is 4.24.